The summed E-state index contributed by atoms with van der Waals surface area (Å²) in [5.41, 5.74) is -2.74. The van der Waals surface area contributed by atoms with Gasteiger partial charge < -0.3 is 94.0 Å². The molecule has 8 N–H and O–H groups in total. The average Bonchev–Trinajstić information content (AvgIpc) is 1.27. The Morgan fingerprint density at radius 1 is 0.402 bits per heavy atom. The van der Waals surface area contributed by atoms with E-state index in [2.05, 4.69) is 20.8 Å². The molecule has 0 saturated carbocycles. The molecule has 30 heteroatoms. The molecule has 29 nitrogen and oxygen atoms in total. The minimum atomic E-state index is -4.07. The van der Waals surface area contributed by atoms with Gasteiger partial charge in [0.05, 0.1) is 145 Å². The fourth-order valence-electron chi connectivity index (χ4n) is 7.35. The molecule has 0 aromatic rings. The molecule has 0 saturated heterocycles. The predicted molar refractivity (Wildman–Crippen MR) is 340 cm³/mol. The Kier molecular flexibility index (Phi) is 65.9. The number of aliphatic hydroxyl groups excluding tert-OH is 6. The quantitative estimate of drug-likeness (QED) is 0.0163. The van der Waals surface area contributed by atoms with Crippen LogP contribution in [0.2, 0.25) is 0 Å². The van der Waals surface area contributed by atoms with E-state index < -0.39 is 83.2 Å². The van der Waals surface area contributed by atoms with Crippen LogP contribution in [0.25, 0.3) is 0 Å². The van der Waals surface area contributed by atoms with Gasteiger partial charge in [-0.25, -0.2) is 22.9 Å². The van der Waals surface area contributed by atoms with Crippen molar-refractivity contribution in [2.75, 3.05) is 182 Å². The summed E-state index contributed by atoms with van der Waals surface area (Å²) in [7, 11) is 14.0. The minimum Gasteiger partial charge on any atom is -0.748 e. The Morgan fingerprint density at radius 2 is 0.728 bits per heavy atom. The molecule has 0 bridgehead atoms. The molecule has 554 valence electrons. The predicted octanol–water partition coefficient (Wildman–Crippen LogP) is -0.596. The minimum absolute atomic E-state index is 0.000278. The van der Waals surface area contributed by atoms with Crippen molar-refractivity contribution in [2.24, 2.45) is 10.8 Å². The smallest absolute Gasteiger partial charge is 0.314 e. The van der Waals surface area contributed by atoms with E-state index in [0.717, 1.165) is 45.3 Å². The molecule has 0 rings (SSSR count). The van der Waals surface area contributed by atoms with Crippen molar-refractivity contribution in [1.29, 1.82) is 0 Å². The third-order valence-electron chi connectivity index (χ3n) is 14.0. The van der Waals surface area contributed by atoms with E-state index in [1.54, 1.807) is 49.2 Å². The maximum absolute atomic E-state index is 10.5. The highest BCUT2D eigenvalue weighted by molar-refractivity contribution is 7.85. The fraction of sp³-hybridized carbons (Fsp3) is 0.903. The van der Waals surface area contributed by atoms with Crippen LogP contribution in [0.1, 0.15) is 176 Å². The number of nitrogens with zero attached hydrogens (tertiary/aromatic N) is 5. The van der Waals surface area contributed by atoms with Gasteiger partial charge in [-0.15, -0.1) is 0 Å². The molecule has 0 aromatic heterocycles. The number of aliphatic hydroxyl groups is 6. The zero-order valence-corrected chi connectivity index (χ0v) is 60.1. The number of hydroxylamine groups is 9. The Balaban J connectivity index is -0.000000187. The van der Waals surface area contributed by atoms with Gasteiger partial charge in [-0.2, -0.15) is 13.9 Å². The van der Waals surface area contributed by atoms with Crippen LogP contribution in [0, 0.1) is 10.8 Å². The van der Waals surface area contributed by atoms with Crippen LogP contribution in [0.5, 0.6) is 0 Å². The molecule has 0 heterocycles. The third kappa shape index (κ3) is 75.2. The highest BCUT2D eigenvalue weighted by Gasteiger charge is 2.35. The number of hydrogen-bond donors (Lipinski definition) is 8. The standard InChI is InChI=1S/C15H33NO4S.C13H27NO3.C10H21NO3.C7H15NO3.C6H13NO3.C6H12O4.C5H10O4/c1-4-5-6-7-8-9-11-14-20-16(2,3)13-10-12-15-21(17,18)19;1-4-5-6-7-8-9-10-11-17-14(2,3)12-13(15)16;1-4-5-6-7-8-14-11(2,3)9-10(12)13;1-8(2,5-6-9)4-3-7(10)11;1-7(2,3-4-8)5-6(9)10;1-2-6(3-7,4-8)5(9)10;1-5(2-6,3-7)4(8)9/h4-15H2,1-3H3;4-12H2,1-3H3;4-9H2,1-3H3;9H,3-6H2,1-2H3;8H,3-5H2,1-2H3;7-8H,2-4H2,1H3,(H,9,10);6-7H,2-3H2,1H3,(H,8,9). The van der Waals surface area contributed by atoms with Crippen LogP contribution in [0.4, 0.5) is 0 Å². The first-order valence-corrected chi connectivity index (χ1v) is 33.9. The van der Waals surface area contributed by atoms with Crippen LogP contribution in [0.15, 0.2) is 0 Å². The second kappa shape index (κ2) is 59.6. The van der Waals surface area contributed by atoms with E-state index in [1.807, 2.05) is 28.2 Å². The maximum Gasteiger partial charge on any atom is 0.314 e. The van der Waals surface area contributed by atoms with Crippen LogP contribution in [0.3, 0.4) is 0 Å². The van der Waals surface area contributed by atoms with Crippen LogP contribution >= 0.6 is 0 Å². The molecule has 0 radical (unpaired) electrons. The first kappa shape index (κ1) is 102. The molecular weight excluding hydrogens is 1230 g/mol. The Hall–Kier alpha value is -3.83. The monoisotopic (exact) mass is 1360 g/mol. The highest BCUT2D eigenvalue weighted by atomic mass is 32.2. The Morgan fingerprint density at radius 3 is 0.978 bits per heavy atom. The van der Waals surface area contributed by atoms with Crippen molar-refractivity contribution in [2.45, 2.75) is 176 Å². The topological polar surface area (TPSA) is 441 Å². The number of quaternary nitrogens is 5. The molecular formula is C62H131N5O24S. The number of carbonyl (C=O) groups is 6. The summed E-state index contributed by atoms with van der Waals surface area (Å²) in [4.78, 5) is 78.2. The number of hydrogen-bond acceptors (Lipinski definition) is 22. The van der Waals surface area contributed by atoms with Gasteiger partial charge in [-0.1, -0.05) is 124 Å². The molecule has 0 aliphatic carbocycles. The number of carboxylic acids is 6. The second-order valence-electron chi connectivity index (χ2n) is 25.9. The first-order valence-electron chi connectivity index (χ1n) is 32.3. The summed E-state index contributed by atoms with van der Waals surface area (Å²) in [6, 6.07) is 0. The molecule has 0 atom stereocenters. The number of carboxylic acid groups (broad SMARTS) is 6. The fourth-order valence-corrected chi connectivity index (χ4v) is 7.91. The van der Waals surface area contributed by atoms with Gasteiger partial charge in [0.1, 0.15) is 69.9 Å². The van der Waals surface area contributed by atoms with Gasteiger partial charge in [-0.3, -0.25) is 9.59 Å². The molecule has 0 aliphatic rings. The number of unbranched alkanes of at least 4 members (excludes halogenated alkanes) is 16. The van der Waals surface area contributed by atoms with Gasteiger partial charge in [0.15, 0.2) is 0 Å². The van der Waals surface area contributed by atoms with Crippen molar-refractivity contribution in [3.63, 3.8) is 0 Å². The SMILES string of the molecule is CC(CO)(CO)C(=O)O.CCC(CO)(CO)C(=O)O.CCCCCCCCCO[N+](C)(C)CC(=O)[O-].CCCCCCCCCO[N+](C)(C)CCCCS(=O)(=O)[O-].CCCCCCO[N+](C)(C)CC(=O)[O-].C[N+](C)(CCO)CC(=O)[O-].C[N+](C)(CCO)CCC(=O)[O-]. The lowest BCUT2D eigenvalue weighted by atomic mass is 9.87. The summed E-state index contributed by atoms with van der Waals surface area (Å²) in [5.74, 6) is -6.89. The molecule has 92 heavy (non-hydrogen) atoms. The van der Waals surface area contributed by atoms with Crippen molar-refractivity contribution in [3.8, 4) is 0 Å². The number of rotatable bonds is 49. The molecule has 0 unspecified atom stereocenters. The van der Waals surface area contributed by atoms with Crippen LogP contribution in [-0.4, -0.2) is 294 Å². The average molecular weight is 1360 g/mol. The van der Waals surface area contributed by atoms with E-state index in [9.17, 15) is 62.2 Å². The van der Waals surface area contributed by atoms with E-state index >= 15 is 0 Å². The lowest BCUT2D eigenvalue weighted by Gasteiger charge is -2.28. The van der Waals surface area contributed by atoms with Gasteiger partial charge in [0, 0.05) is 24.6 Å². The first-order chi connectivity index (χ1) is 42.4. The van der Waals surface area contributed by atoms with Crippen LogP contribution < -0.4 is 20.4 Å². The third-order valence-corrected chi connectivity index (χ3v) is 14.8. The van der Waals surface area contributed by atoms with Crippen molar-refractivity contribution >= 4 is 45.9 Å². The van der Waals surface area contributed by atoms with Crippen LogP contribution in [-0.2, 0) is 53.4 Å². The lowest BCUT2D eigenvalue weighted by Crippen LogP contribution is -2.49. The normalized spacial score (nSPS) is 11.8. The van der Waals surface area contributed by atoms with E-state index in [4.69, 9.17) is 55.4 Å². The zero-order valence-electron chi connectivity index (χ0n) is 59.3. The van der Waals surface area contributed by atoms with Crippen molar-refractivity contribution < 1.29 is 140 Å². The van der Waals surface area contributed by atoms with E-state index in [-0.39, 0.29) is 65.2 Å². The molecule has 0 aromatic carbocycles. The molecule has 0 spiro atoms. The number of carbonyl (C=O) groups excluding carboxylic acids is 4. The highest BCUT2D eigenvalue weighted by Crippen LogP contribution is 2.20. The zero-order chi connectivity index (χ0) is 73.2. The summed E-state index contributed by atoms with van der Waals surface area (Å²) >= 11 is 0. The van der Waals surface area contributed by atoms with E-state index in [0.29, 0.717) is 54.8 Å². The largest absolute Gasteiger partial charge is 0.748 e. The molecule has 0 fully saturated rings. The summed E-state index contributed by atoms with van der Waals surface area (Å²) in [6.07, 6.45) is 23.4. The lowest BCUT2D eigenvalue weighted by molar-refractivity contribution is -1.08. The van der Waals surface area contributed by atoms with E-state index in [1.165, 1.54) is 90.4 Å². The van der Waals surface area contributed by atoms with Gasteiger partial charge >= 0.3 is 11.9 Å². The molecule has 0 amide bonds. The van der Waals surface area contributed by atoms with Gasteiger partial charge in [0.2, 0.25) is 0 Å². The second-order valence-corrected chi connectivity index (χ2v) is 27.4. The Labute approximate surface area is 552 Å². The Bertz CT molecular complexity index is 1930. The summed E-state index contributed by atoms with van der Waals surface area (Å²) in [5, 5.41) is 109. The van der Waals surface area contributed by atoms with Gasteiger partial charge in [0.25, 0.3) is 0 Å². The van der Waals surface area contributed by atoms with Crippen molar-refractivity contribution in [3.05, 3.63) is 0 Å². The number of aliphatic carboxylic acids is 6. The molecule has 0 aliphatic heterocycles. The maximum atomic E-state index is 10.5. The number of likely N-dealkylation sites (N-methyl/N-ethyl adjacent to an activating group) is 4. The van der Waals surface area contributed by atoms with Crippen molar-refractivity contribution in [1.82, 2.24) is 0 Å². The van der Waals surface area contributed by atoms with Gasteiger partial charge in [-0.05, 0) is 39.0 Å². The summed E-state index contributed by atoms with van der Waals surface area (Å²) < 4.78 is 32.8. The summed E-state index contributed by atoms with van der Waals surface area (Å²) in [6.45, 7) is 11.4.